The van der Waals surface area contributed by atoms with E-state index in [2.05, 4.69) is 0 Å². The number of hydrogen-bond donors (Lipinski definition) is 1. The highest BCUT2D eigenvalue weighted by Gasteiger charge is 2.18. The predicted octanol–water partition coefficient (Wildman–Crippen LogP) is 2.30. The van der Waals surface area contributed by atoms with Gasteiger partial charge in [-0.05, 0) is 24.3 Å². The first kappa shape index (κ1) is 14.2. The summed E-state index contributed by atoms with van der Waals surface area (Å²) in [5, 5.41) is 11.0. The van der Waals surface area contributed by atoms with E-state index < -0.39 is 10.8 Å². The van der Waals surface area contributed by atoms with Gasteiger partial charge in [-0.2, -0.15) is 0 Å². The molecule has 7 nitrogen and oxygen atoms in total. The van der Waals surface area contributed by atoms with Crippen molar-refractivity contribution in [2.24, 2.45) is 5.73 Å². The number of carbonyl (C=O) groups excluding carboxylic acids is 2. The van der Waals surface area contributed by atoms with E-state index in [9.17, 15) is 19.7 Å². The van der Waals surface area contributed by atoms with Gasteiger partial charge in [0, 0.05) is 11.6 Å². The molecule has 0 atom stereocenters. The zero-order valence-corrected chi connectivity index (χ0v) is 10.7. The first-order chi connectivity index (χ1) is 10.0. The van der Waals surface area contributed by atoms with Crippen LogP contribution in [-0.4, -0.2) is 17.1 Å². The Morgan fingerprint density at radius 2 is 1.90 bits per heavy atom. The summed E-state index contributed by atoms with van der Waals surface area (Å²) in [7, 11) is 0. The summed E-state index contributed by atoms with van der Waals surface area (Å²) in [6, 6.07) is 9.88. The number of para-hydroxylation sites is 1. The Morgan fingerprint density at radius 3 is 2.52 bits per heavy atom. The highest BCUT2D eigenvalue weighted by molar-refractivity contribution is 5.95. The summed E-state index contributed by atoms with van der Waals surface area (Å²) in [5.74, 6) is -0.691. The molecule has 2 rings (SSSR count). The van der Waals surface area contributed by atoms with Gasteiger partial charge in [0.25, 0.3) is 5.91 Å². The first-order valence-corrected chi connectivity index (χ1v) is 5.83. The summed E-state index contributed by atoms with van der Waals surface area (Å²) in [5.41, 5.74) is 5.09. The molecule has 0 aromatic heterocycles. The van der Waals surface area contributed by atoms with Gasteiger partial charge in [0.05, 0.1) is 10.5 Å². The number of nitro benzene ring substituents is 1. The molecule has 0 heterocycles. The monoisotopic (exact) mass is 286 g/mol. The van der Waals surface area contributed by atoms with Crippen LogP contribution < -0.4 is 10.5 Å². The number of rotatable bonds is 5. The van der Waals surface area contributed by atoms with E-state index >= 15 is 0 Å². The fourth-order valence-electron chi connectivity index (χ4n) is 1.71. The molecule has 2 aromatic rings. The molecule has 2 N–H and O–H groups in total. The average Bonchev–Trinajstić information content (AvgIpc) is 2.47. The number of carbonyl (C=O) groups is 2. The summed E-state index contributed by atoms with van der Waals surface area (Å²) < 4.78 is 5.40. The molecule has 0 unspecified atom stereocenters. The van der Waals surface area contributed by atoms with Crippen molar-refractivity contribution in [3.05, 3.63) is 63.7 Å². The molecule has 0 bridgehead atoms. The minimum Gasteiger partial charge on any atom is -0.449 e. The molecule has 0 aliphatic rings. The van der Waals surface area contributed by atoms with Crippen molar-refractivity contribution in [2.45, 2.75) is 0 Å². The Hall–Kier alpha value is -3.22. The maximum atomic E-state index is 11.3. The van der Waals surface area contributed by atoms with Crippen molar-refractivity contribution >= 4 is 17.9 Å². The number of aldehydes is 1. The van der Waals surface area contributed by atoms with Crippen LogP contribution in [0.2, 0.25) is 0 Å². The minimum atomic E-state index is -0.710. The van der Waals surface area contributed by atoms with E-state index in [-0.39, 0.29) is 28.3 Å². The van der Waals surface area contributed by atoms with Gasteiger partial charge in [0.15, 0.2) is 0 Å². The Bertz CT molecular complexity index is 727. The summed E-state index contributed by atoms with van der Waals surface area (Å²) in [6.45, 7) is 0. The zero-order chi connectivity index (χ0) is 15.4. The van der Waals surface area contributed by atoms with E-state index in [1.807, 2.05) is 0 Å². The lowest BCUT2D eigenvalue weighted by Crippen LogP contribution is -2.12. The third-order valence-corrected chi connectivity index (χ3v) is 2.69. The van der Waals surface area contributed by atoms with Crippen LogP contribution >= 0.6 is 0 Å². The number of benzene rings is 2. The van der Waals surface area contributed by atoms with Gasteiger partial charge >= 0.3 is 5.69 Å². The van der Waals surface area contributed by atoms with Crippen molar-refractivity contribution in [1.29, 1.82) is 0 Å². The molecule has 21 heavy (non-hydrogen) atoms. The lowest BCUT2D eigenvalue weighted by molar-refractivity contribution is -0.385. The smallest absolute Gasteiger partial charge is 0.312 e. The van der Waals surface area contributed by atoms with Crippen molar-refractivity contribution in [2.75, 3.05) is 0 Å². The minimum absolute atomic E-state index is 0.0840. The Balaban J connectivity index is 2.47. The van der Waals surface area contributed by atoms with Crippen molar-refractivity contribution in [1.82, 2.24) is 0 Å². The molecule has 0 saturated carbocycles. The van der Waals surface area contributed by atoms with E-state index in [1.165, 1.54) is 24.3 Å². The SMILES string of the molecule is NC(=O)c1ccccc1Oc1ccc(C=O)cc1[N+](=O)[O-]. The van der Waals surface area contributed by atoms with Crippen LogP contribution in [0, 0.1) is 10.1 Å². The number of hydrogen-bond acceptors (Lipinski definition) is 5. The predicted molar refractivity (Wildman–Crippen MR) is 73.5 cm³/mol. The van der Waals surface area contributed by atoms with Crippen LogP contribution in [0.3, 0.4) is 0 Å². The van der Waals surface area contributed by atoms with Crippen molar-refractivity contribution in [3.63, 3.8) is 0 Å². The number of nitrogens with two attached hydrogens (primary N) is 1. The highest BCUT2D eigenvalue weighted by atomic mass is 16.6. The van der Waals surface area contributed by atoms with E-state index in [4.69, 9.17) is 10.5 Å². The second-order valence-electron chi connectivity index (χ2n) is 4.06. The molecule has 106 valence electrons. The lowest BCUT2D eigenvalue weighted by atomic mass is 10.2. The lowest BCUT2D eigenvalue weighted by Gasteiger charge is -2.09. The number of primary amides is 1. The Morgan fingerprint density at radius 1 is 1.19 bits per heavy atom. The molecule has 7 heteroatoms. The average molecular weight is 286 g/mol. The number of nitrogens with zero attached hydrogens (tertiary/aromatic N) is 1. The maximum absolute atomic E-state index is 11.3. The quantitative estimate of drug-likeness (QED) is 0.514. The molecular weight excluding hydrogens is 276 g/mol. The van der Waals surface area contributed by atoms with Gasteiger partial charge < -0.3 is 10.5 Å². The third kappa shape index (κ3) is 3.03. The molecule has 0 aliphatic heterocycles. The fourth-order valence-corrected chi connectivity index (χ4v) is 1.71. The molecular formula is C14H10N2O5. The van der Waals surface area contributed by atoms with Crippen LogP contribution in [0.4, 0.5) is 5.69 Å². The zero-order valence-electron chi connectivity index (χ0n) is 10.7. The van der Waals surface area contributed by atoms with Gasteiger partial charge in [-0.3, -0.25) is 19.7 Å². The highest BCUT2D eigenvalue weighted by Crippen LogP contribution is 2.33. The molecule has 0 fully saturated rings. The van der Waals surface area contributed by atoms with Gasteiger partial charge in [-0.25, -0.2) is 0 Å². The van der Waals surface area contributed by atoms with E-state index in [0.29, 0.717) is 6.29 Å². The molecule has 0 saturated heterocycles. The number of nitro groups is 1. The van der Waals surface area contributed by atoms with Crippen LogP contribution in [0.1, 0.15) is 20.7 Å². The second kappa shape index (κ2) is 5.83. The first-order valence-electron chi connectivity index (χ1n) is 5.83. The van der Waals surface area contributed by atoms with Gasteiger partial charge in [-0.15, -0.1) is 0 Å². The van der Waals surface area contributed by atoms with E-state index in [1.54, 1.807) is 12.1 Å². The van der Waals surface area contributed by atoms with Crippen LogP contribution in [0.5, 0.6) is 11.5 Å². The van der Waals surface area contributed by atoms with Crippen molar-refractivity contribution in [3.8, 4) is 11.5 Å². The largest absolute Gasteiger partial charge is 0.449 e. The van der Waals surface area contributed by atoms with Crippen molar-refractivity contribution < 1.29 is 19.2 Å². The molecule has 2 aromatic carbocycles. The molecule has 1 amide bonds. The van der Waals surface area contributed by atoms with Crippen LogP contribution in [0.25, 0.3) is 0 Å². The number of ether oxygens (including phenoxy) is 1. The summed E-state index contributed by atoms with van der Waals surface area (Å²) in [6.07, 6.45) is 0.494. The van der Waals surface area contributed by atoms with E-state index in [0.717, 1.165) is 6.07 Å². The van der Waals surface area contributed by atoms with Crippen LogP contribution in [-0.2, 0) is 0 Å². The fraction of sp³-hybridized carbons (Fsp3) is 0. The number of amides is 1. The summed E-state index contributed by atoms with van der Waals surface area (Å²) >= 11 is 0. The third-order valence-electron chi connectivity index (χ3n) is 2.69. The van der Waals surface area contributed by atoms with Crippen LogP contribution in [0.15, 0.2) is 42.5 Å². The Labute approximate surface area is 119 Å². The van der Waals surface area contributed by atoms with Gasteiger partial charge in [0.2, 0.25) is 5.75 Å². The molecule has 0 radical (unpaired) electrons. The Kier molecular flexibility index (Phi) is 3.94. The maximum Gasteiger partial charge on any atom is 0.312 e. The molecule has 0 aliphatic carbocycles. The van der Waals surface area contributed by atoms with Gasteiger partial charge in [-0.1, -0.05) is 12.1 Å². The standard InChI is InChI=1S/C14H10N2O5/c15-14(18)10-3-1-2-4-12(10)21-13-6-5-9(8-17)7-11(13)16(19)20/h1-8H,(H2,15,18). The topological polar surface area (TPSA) is 113 Å². The normalized spacial score (nSPS) is 9.90. The second-order valence-corrected chi connectivity index (χ2v) is 4.06. The molecule has 0 spiro atoms. The van der Waals surface area contributed by atoms with Gasteiger partial charge in [0.1, 0.15) is 12.0 Å². The summed E-state index contributed by atoms with van der Waals surface area (Å²) in [4.78, 5) is 32.3.